The minimum Gasteiger partial charge on any atom is -0.355 e. The molecule has 1 aromatic heterocycles. The van der Waals surface area contributed by atoms with Gasteiger partial charge in [-0.3, -0.25) is 9.59 Å². The second kappa shape index (κ2) is 4.20. The molecule has 6 heteroatoms. The quantitative estimate of drug-likeness (QED) is 0.888. The zero-order chi connectivity index (χ0) is 16.1. The fraction of sp³-hybridized carbons (Fsp3) is 0.462. The van der Waals surface area contributed by atoms with Crippen LogP contribution in [0.3, 0.4) is 0 Å². The topological polar surface area (TPSA) is 71.1 Å². The molecule has 19 heavy (non-hydrogen) atoms. The van der Waals surface area contributed by atoms with E-state index < -0.39 is 12.9 Å². The van der Waals surface area contributed by atoms with Crippen molar-refractivity contribution < 1.29 is 13.7 Å². The summed E-state index contributed by atoms with van der Waals surface area (Å²) in [5, 5.41) is 4.54. The normalized spacial score (nSPS) is 24.9. The van der Waals surface area contributed by atoms with Crippen molar-refractivity contribution in [1.29, 1.82) is 0 Å². The number of pyridine rings is 1. The first-order valence-electron chi connectivity index (χ1n) is 7.49. The van der Waals surface area contributed by atoms with E-state index >= 15 is 0 Å². The Morgan fingerprint density at radius 2 is 2.37 bits per heavy atom. The molecule has 2 saturated carbocycles. The van der Waals surface area contributed by atoms with Crippen molar-refractivity contribution in [3.8, 4) is 0 Å². The number of rotatable bonds is 3. The summed E-state index contributed by atoms with van der Waals surface area (Å²) in [4.78, 5) is 27.7. The molecular weight excluding hydrogens is 266 g/mol. The van der Waals surface area contributed by atoms with Crippen LogP contribution in [0.4, 0.5) is 5.82 Å². The van der Waals surface area contributed by atoms with Crippen molar-refractivity contribution in [1.82, 2.24) is 10.3 Å². The molecule has 3 rings (SSSR count). The summed E-state index contributed by atoms with van der Waals surface area (Å²) in [6.45, 7) is -2.60. The molecule has 2 amide bonds. The van der Waals surface area contributed by atoms with Gasteiger partial charge in [-0.2, -0.15) is 0 Å². The zero-order valence-electron chi connectivity index (χ0n) is 13.0. The van der Waals surface area contributed by atoms with Crippen LogP contribution in [0.2, 0.25) is 5.02 Å². The van der Waals surface area contributed by atoms with Gasteiger partial charge in [0.25, 0.3) is 5.91 Å². The van der Waals surface area contributed by atoms with Gasteiger partial charge in [-0.05, 0) is 24.7 Å². The largest absolute Gasteiger partial charge is 0.355 e. The molecule has 0 aliphatic heterocycles. The summed E-state index contributed by atoms with van der Waals surface area (Å²) >= 11 is 5.96. The molecule has 0 saturated heterocycles. The van der Waals surface area contributed by atoms with E-state index in [0.717, 1.165) is 25.5 Å². The van der Waals surface area contributed by atoms with Gasteiger partial charge in [-0.25, -0.2) is 4.98 Å². The predicted octanol–water partition coefficient (Wildman–Crippen LogP) is 1.83. The van der Waals surface area contributed by atoms with Gasteiger partial charge in [0.2, 0.25) is 5.91 Å². The van der Waals surface area contributed by atoms with Crippen LogP contribution >= 0.6 is 11.6 Å². The fourth-order valence-corrected chi connectivity index (χ4v) is 2.62. The van der Waals surface area contributed by atoms with Gasteiger partial charge in [0.05, 0.1) is 10.6 Å². The smallest absolute Gasteiger partial charge is 0.254 e. The third kappa shape index (κ3) is 2.18. The first-order valence-corrected chi connectivity index (χ1v) is 6.37. The second-order valence-corrected chi connectivity index (χ2v) is 5.52. The molecule has 0 bridgehead atoms. The van der Waals surface area contributed by atoms with Crippen LogP contribution in [-0.4, -0.2) is 23.8 Å². The van der Waals surface area contributed by atoms with Gasteiger partial charge >= 0.3 is 0 Å². The number of anilines is 1. The van der Waals surface area contributed by atoms with E-state index in [0.29, 0.717) is 0 Å². The number of hydrogen-bond acceptors (Lipinski definition) is 3. The molecule has 5 nitrogen and oxygen atoms in total. The minimum atomic E-state index is -2.60. The first kappa shape index (κ1) is 9.31. The van der Waals surface area contributed by atoms with Gasteiger partial charge in [-0.1, -0.05) is 11.6 Å². The number of nitrogens with one attached hydrogen (secondary N) is 2. The maximum atomic E-state index is 12.0. The summed E-state index contributed by atoms with van der Waals surface area (Å²) in [7, 11) is 0. The lowest BCUT2D eigenvalue weighted by Crippen LogP contribution is -2.19. The SMILES string of the molecule is [2H]C([2H])([2H])NC(=O)c1cnc(NC(=O)C2CC23CC3)cc1Cl. The van der Waals surface area contributed by atoms with Crippen molar-refractivity contribution in [2.45, 2.75) is 19.3 Å². The van der Waals surface area contributed by atoms with Gasteiger partial charge in [0, 0.05) is 29.3 Å². The van der Waals surface area contributed by atoms with Crippen molar-refractivity contribution in [3.63, 3.8) is 0 Å². The maximum Gasteiger partial charge on any atom is 0.254 e. The lowest BCUT2D eigenvalue weighted by atomic mass is 10.2. The molecule has 0 aromatic carbocycles. The monoisotopic (exact) mass is 282 g/mol. The van der Waals surface area contributed by atoms with Gasteiger partial charge in [0.15, 0.2) is 0 Å². The van der Waals surface area contributed by atoms with E-state index in [1.54, 1.807) is 0 Å². The molecule has 1 unspecified atom stereocenters. The van der Waals surface area contributed by atoms with E-state index in [2.05, 4.69) is 10.3 Å². The number of carbonyl (C=O) groups excluding carboxylic acids is 2. The van der Waals surface area contributed by atoms with Crippen molar-refractivity contribution in [2.75, 3.05) is 12.3 Å². The van der Waals surface area contributed by atoms with Crippen LogP contribution < -0.4 is 10.6 Å². The molecule has 2 N–H and O–H groups in total. The number of halogens is 1. The molecule has 1 atom stereocenters. The second-order valence-electron chi connectivity index (χ2n) is 5.11. The highest BCUT2D eigenvalue weighted by Gasteiger charge is 2.65. The Labute approximate surface area is 119 Å². The molecule has 2 aliphatic carbocycles. The van der Waals surface area contributed by atoms with Crippen LogP contribution in [0.15, 0.2) is 12.3 Å². The summed E-state index contributed by atoms with van der Waals surface area (Å²) in [6.07, 6.45) is 4.28. The minimum absolute atomic E-state index is 0.0315. The predicted molar refractivity (Wildman–Crippen MR) is 71.0 cm³/mol. The fourth-order valence-electron chi connectivity index (χ4n) is 2.38. The number of nitrogens with zero attached hydrogens (tertiary/aromatic N) is 1. The lowest BCUT2D eigenvalue weighted by Gasteiger charge is -2.07. The Morgan fingerprint density at radius 3 is 2.95 bits per heavy atom. The number of amides is 2. The zero-order valence-corrected chi connectivity index (χ0v) is 10.8. The van der Waals surface area contributed by atoms with Crippen molar-refractivity contribution in [3.05, 3.63) is 22.8 Å². The van der Waals surface area contributed by atoms with Crippen molar-refractivity contribution >= 4 is 29.2 Å². The summed E-state index contributed by atoms with van der Waals surface area (Å²) in [5.41, 5.74) is 0.189. The highest BCUT2D eigenvalue weighted by atomic mass is 35.5. The number of aromatic nitrogens is 1. The lowest BCUT2D eigenvalue weighted by molar-refractivity contribution is -0.117. The van der Waals surface area contributed by atoms with E-state index in [1.807, 2.05) is 5.32 Å². The Morgan fingerprint density at radius 1 is 1.58 bits per heavy atom. The third-order valence-corrected chi connectivity index (χ3v) is 4.17. The van der Waals surface area contributed by atoms with Crippen LogP contribution in [0.25, 0.3) is 0 Å². The molecule has 1 heterocycles. The molecular formula is C13H14ClN3O2. The summed E-state index contributed by atoms with van der Waals surface area (Å²) in [6, 6.07) is 1.34. The molecule has 0 radical (unpaired) electrons. The molecule has 100 valence electrons. The number of carbonyl (C=O) groups is 2. The Bertz CT molecular complexity index is 658. The number of hydrogen-bond donors (Lipinski definition) is 2. The van der Waals surface area contributed by atoms with E-state index in [1.165, 1.54) is 6.07 Å². The first-order chi connectivity index (χ1) is 10.2. The Kier molecular flexibility index (Phi) is 2.06. The van der Waals surface area contributed by atoms with E-state index in [-0.39, 0.29) is 33.6 Å². The molecule has 2 aliphatic rings. The van der Waals surface area contributed by atoms with Crippen LogP contribution in [0.5, 0.6) is 0 Å². The average molecular weight is 283 g/mol. The maximum absolute atomic E-state index is 12.0. The third-order valence-electron chi connectivity index (χ3n) is 3.86. The molecule has 2 fully saturated rings. The van der Waals surface area contributed by atoms with Crippen LogP contribution in [0, 0.1) is 11.3 Å². The molecule has 1 spiro atoms. The van der Waals surface area contributed by atoms with Gasteiger partial charge in [-0.15, -0.1) is 0 Å². The van der Waals surface area contributed by atoms with Gasteiger partial charge < -0.3 is 10.6 Å². The van der Waals surface area contributed by atoms with E-state index in [9.17, 15) is 9.59 Å². The van der Waals surface area contributed by atoms with Crippen LogP contribution in [-0.2, 0) is 4.79 Å². The standard InChI is InChI=1S/C13H14ClN3O2/c1-15-11(18)7-6-16-10(4-9(7)14)17-12(19)8-5-13(8)2-3-13/h4,6,8H,2-3,5H2,1H3,(H,15,18)(H,16,17,19)/i1D3. The highest BCUT2D eigenvalue weighted by molar-refractivity contribution is 6.34. The highest BCUT2D eigenvalue weighted by Crippen LogP contribution is 2.70. The average Bonchev–Trinajstić information content (AvgIpc) is 3.28. The Balaban J connectivity index is 1.66. The van der Waals surface area contributed by atoms with Gasteiger partial charge in [0.1, 0.15) is 5.82 Å². The summed E-state index contributed by atoms with van der Waals surface area (Å²) in [5.74, 6) is -0.620. The summed E-state index contributed by atoms with van der Waals surface area (Å²) < 4.78 is 21.0. The molecule has 1 aromatic rings. The van der Waals surface area contributed by atoms with E-state index in [4.69, 9.17) is 15.7 Å². The van der Waals surface area contributed by atoms with Crippen molar-refractivity contribution in [2.24, 2.45) is 11.3 Å². The van der Waals surface area contributed by atoms with Crippen LogP contribution in [0.1, 0.15) is 33.7 Å². The Hall–Kier alpha value is -1.62.